The van der Waals surface area contributed by atoms with Crippen LogP contribution in [0.3, 0.4) is 0 Å². The largest absolute Gasteiger partial charge is 0.503 e. The van der Waals surface area contributed by atoms with Crippen LogP contribution in [0.15, 0.2) is 43.0 Å². The first-order chi connectivity index (χ1) is 11.6. The lowest BCUT2D eigenvalue weighted by atomic mass is 10.0. The van der Waals surface area contributed by atoms with Crippen LogP contribution in [0.1, 0.15) is 24.5 Å². The number of nitrogens with zero attached hydrogens (tertiary/aromatic N) is 3. The lowest BCUT2D eigenvalue weighted by Crippen LogP contribution is -2.04. The second-order valence-corrected chi connectivity index (χ2v) is 6.02. The van der Waals surface area contributed by atoms with Gasteiger partial charge in [-0.05, 0) is 25.3 Å². The van der Waals surface area contributed by atoms with Gasteiger partial charge in [-0.1, -0.05) is 36.8 Å². The second-order valence-electron chi connectivity index (χ2n) is 6.02. The molecule has 0 aliphatic heterocycles. The van der Waals surface area contributed by atoms with E-state index >= 15 is 0 Å². The number of hydrogen-bond acceptors (Lipinski definition) is 3. The molecular weight excluding hydrogens is 302 g/mol. The van der Waals surface area contributed by atoms with Crippen LogP contribution in [-0.4, -0.2) is 24.3 Å². The van der Waals surface area contributed by atoms with Gasteiger partial charge in [0.15, 0.2) is 5.75 Å². The van der Waals surface area contributed by atoms with Gasteiger partial charge >= 0.3 is 0 Å². The maximum absolute atomic E-state index is 10.4. The van der Waals surface area contributed by atoms with E-state index in [0.29, 0.717) is 13.0 Å². The summed E-state index contributed by atoms with van der Waals surface area (Å²) < 4.78 is 3.82. The molecule has 2 N–H and O–H groups in total. The molecule has 0 unspecified atom stereocenters. The van der Waals surface area contributed by atoms with Gasteiger partial charge in [0.05, 0.1) is 12.0 Å². The topological polar surface area (TPSA) is 63.2 Å². The summed E-state index contributed by atoms with van der Waals surface area (Å²) in [4.78, 5) is 4.04. The number of hydrogen-bond donors (Lipinski definition) is 2. The van der Waals surface area contributed by atoms with E-state index in [0.717, 1.165) is 29.8 Å². The molecule has 126 valence electrons. The Morgan fingerprint density at radius 3 is 2.46 bits per heavy atom. The molecule has 1 aromatic carbocycles. The zero-order valence-corrected chi connectivity index (χ0v) is 14.1. The van der Waals surface area contributed by atoms with Crippen molar-refractivity contribution in [2.75, 3.05) is 0 Å². The standard InChI is InChI=1S/C19H23N3O2/c1-3-16-17(15-7-5-14(2)6-8-15)22(19(24)18(16)23)11-4-10-21-12-9-20-13-21/h5-9,12-13,23-24H,3-4,10-11H2,1-2H3. The fourth-order valence-corrected chi connectivity index (χ4v) is 3.07. The monoisotopic (exact) mass is 325 g/mol. The van der Waals surface area contributed by atoms with Crippen molar-refractivity contribution in [3.8, 4) is 22.9 Å². The zero-order valence-electron chi connectivity index (χ0n) is 14.1. The van der Waals surface area contributed by atoms with Crippen molar-refractivity contribution in [1.29, 1.82) is 0 Å². The van der Waals surface area contributed by atoms with Gasteiger partial charge in [0, 0.05) is 31.0 Å². The van der Waals surface area contributed by atoms with Crippen LogP contribution in [0, 0.1) is 6.92 Å². The second kappa shape index (κ2) is 6.83. The van der Waals surface area contributed by atoms with Crippen molar-refractivity contribution >= 4 is 0 Å². The summed E-state index contributed by atoms with van der Waals surface area (Å²) >= 11 is 0. The summed E-state index contributed by atoms with van der Waals surface area (Å²) in [5, 5.41) is 20.7. The molecule has 0 saturated carbocycles. The molecule has 0 spiro atoms. The number of aryl methyl sites for hydroxylation is 2. The molecule has 5 heteroatoms. The van der Waals surface area contributed by atoms with Gasteiger partial charge in [-0.15, -0.1) is 0 Å². The van der Waals surface area contributed by atoms with Gasteiger partial charge in [-0.25, -0.2) is 4.98 Å². The Kier molecular flexibility index (Phi) is 4.60. The zero-order chi connectivity index (χ0) is 17.1. The average molecular weight is 325 g/mol. The maximum atomic E-state index is 10.4. The minimum atomic E-state index is -0.0481. The molecular formula is C19H23N3O2. The summed E-state index contributed by atoms with van der Waals surface area (Å²) in [6.45, 7) is 5.47. The van der Waals surface area contributed by atoms with E-state index in [2.05, 4.69) is 4.98 Å². The van der Waals surface area contributed by atoms with Crippen LogP contribution >= 0.6 is 0 Å². The summed E-state index contributed by atoms with van der Waals surface area (Å²) in [6.07, 6.45) is 6.96. The molecule has 3 aromatic rings. The highest BCUT2D eigenvalue weighted by Crippen LogP contribution is 2.41. The quantitative estimate of drug-likeness (QED) is 0.726. The molecule has 2 heterocycles. The Labute approximate surface area is 141 Å². The molecule has 2 aromatic heterocycles. The van der Waals surface area contributed by atoms with Gasteiger partial charge in [-0.2, -0.15) is 0 Å². The van der Waals surface area contributed by atoms with Crippen molar-refractivity contribution in [1.82, 2.24) is 14.1 Å². The van der Waals surface area contributed by atoms with Gasteiger partial charge in [0.25, 0.3) is 0 Å². The van der Waals surface area contributed by atoms with Gasteiger partial charge in [0.2, 0.25) is 5.88 Å². The summed E-state index contributed by atoms with van der Waals surface area (Å²) in [5.41, 5.74) is 3.89. The van der Waals surface area contributed by atoms with Crippen LogP contribution < -0.4 is 0 Å². The third-order valence-corrected chi connectivity index (χ3v) is 4.34. The van der Waals surface area contributed by atoms with Crippen LogP contribution in [0.2, 0.25) is 0 Å². The third kappa shape index (κ3) is 3.02. The highest BCUT2D eigenvalue weighted by Gasteiger charge is 2.21. The minimum Gasteiger partial charge on any atom is -0.503 e. The maximum Gasteiger partial charge on any atom is 0.235 e. The van der Waals surface area contributed by atoms with Crippen LogP contribution in [0.25, 0.3) is 11.3 Å². The van der Waals surface area contributed by atoms with Crippen molar-refractivity contribution < 1.29 is 10.2 Å². The van der Waals surface area contributed by atoms with Gasteiger partial charge < -0.3 is 19.3 Å². The summed E-state index contributed by atoms with van der Waals surface area (Å²) in [7, 11) is 0. The van der Waals surface area contributed by atoms with E-state index < -0.39 is 0 Å². The number of benzene rings is 1. The highest BCUT2D eigenvalue weighted by molar-refractivity contribution is 5.71. The van der Waals surface area contributed by atoms with E-state index in [4.69, 9.17) is 0 Å². The first kappa shape index (κ1) is 16.2. The minimum absolute atomic E-state index is 0.00398. The average Bonchev–Trinajstić information content (AvgIpc) is 3.17. The molecule has 0 aliphatic carbocycles. The molecule has 5 nitrogen and oxygen atoms in total. The Bertz CT molecular complexity index is 802. The summed E-state index contributed by atoms with van der Waals surface area (Å²) in [5.74, 6) is -0.0521. The van der Waals surface area contributed by atoms with Crippen molar-refractivity contribution in [3.63, 3.8) is 0 Å². The Hall–Kier alpha value is -2.69. The lowest BCUT2D eigenvalue weighted by Gasteiger charge is -2.12. The van der Waals surface area contributed by atoms with E-state index in [1.165, 1.54) is 5.56 Å². The number of aromatic nitrogens is 3. The van der Waals surface area contributed by atoms with E-state index in [1.807, 2.05) is 53.4 Å². The normalized spacial score (nSPS) is 11.1. The molecule has 0 fully saturated rings. The SMILES string of the molecule is CCc1c(O)c(O)n(CCCn2ccnc2)c1-c1ccc(C)cc1. The lowest BCUT2D eigenvalue weighted by molar-refractivity contribution is 0.367. The highest BCUT2D eigenvalue weighted by atomic mass is 16.3. The molecule has 0 bridgehead atoms. The van der Waals surface area contributed by atoms with Gasteiger partial charge in [0.1, 0.15) is 0 Å². The summed E-state index contributed by atoms with van der Waals surface area (Å²) in [6, 6.07) is 8.17. The van der Waals surface area contributed by atoms with Gasteiger partial charge in [-0.3, -0.25) is 0 Å². The molecule has 0 saturated heterocycles. The molecule has 3 rings (SSSR count). The van der Waals surface area contributed by atoms with E-state index in [9.17, 15) is 10.2 Å². The predicted molar refractivity (Wildman–Crippen MR) is 94.2 cm³/mol. The van der Waals surface area contributed by atoms with Crippen LogP contribution in [0.5, 0.6) is 11.6 Å². The van der Waals surface area contributed by atoms with E-state index in [1.54, 1.807) is 12.5 Å². The van der Waals surface area contributed by atoms with E-state index in [-0.39, 0.29) is 11.6 Å². The number of rotatable bonds is 6. The Morgan fingerprint density at radius 1 is 1.08 bits per heavy atom. The Morgan fingerprint density at radius 2 is 1.83 bits per heavy atom. The molecule has 0 atom stereocenters. The first-order valence-corrected chi connectivity index (χ1v) is 8.28. The molecule has 0 aliphatic rings. The van der Waals surface area contributed by atoms with Crippen molar-refractivity contribution in [3.05, 3.63) is 54.1 Å². The van der Waals surface area contributed by atoms with Crippen molar-refractivity contribution in [2.45, 2.75) is 39.8 Å². The van der Waals surface area contributed by atoms with Crippen LogP contribution in [0.4, 0.5) is 0 Å². The predicted octanol–water partition coefficient (Wildman–Crippen LogP) is 3.72. The smallest absolute Gasteiger partial charge is 0.235 e. The van der Waals surface area contributed by atoms with Crippen LogP contribution in [-0.2, 0) is 19.5 Å². The van der Waals surface area contributed by atoms with Crippen molar-refractivity contribution in [2.24, 2.45) is 0 Å². The Balaban J connectivity index is 1.93. The molecule has 0 amide bonds. The number of imidazole rings is 1. The molecule has 0 radical (unpaired) electrons. The number of aromatic hydroxyl groups is 2. The fourth-order valence-electron chi connectivity index (χ4n) is 3.07. The third-order valence-electron chi connectivity index (χ3n) is 4.34. The first-order valence-electron chi connectivity index (χ1n) is 8.28. The molecule has 24 heavy (non-hydrogen) atoms. The fraction of sp³-hybridized carbons (Fsp3) is 0.316.